The quantitative estimate of drug-likeness (QED) is 0.775. The minimum Gasteiger partial charge on any atom is -0.348 e. The summed E-state index contributed by atoms with van der Waals surface area (Å²) in [4.78, 5) is 13.3. The van der Waals surface area contributed by atoms with Gasteiger partial charge in [0.05, 0.1) is 22.3 Å². The Bertz CT molecular complexity index is 746. The summed E-state index contributed by atoms with van der Waals surface area (Å²) in [5, 5.41) is 11.8. The first-order valence-corrected chi connectivity index (χ1v) is 7.53. The van der Waals surface area contributed by atoms with E-state index in [1.165, 1.54) is 5.56 Å². The molecule has 3 rings (SSSR count). The van der Waals surface area contributed by atoms with Crippen LogP contribution in [0.5, 0.6) is 0 Å². The van der Waals surface area contributed by atoms with Crippen molar-refractivity contribution in [2.75, 3.05) is 0 Å². The van der Waals surface area contributed by atoms with Gasteiger partial charge in [0, 0.05) is 6.54 Å². The molecule has 3 aromatic rings. The first-order chi connectivity index (χ1) is 10.2. The minimum absolute atomic E-state index is 0.117. The topological polar surface area (TPSA) is 57.8 Å². The predicted molar refractivity (Wildman–Crippen MR) is 84.2 cm³/mol. The standard InChI is InChI=1S/C16H15N3OS/c1-11-4-2-5-12(8-11)9-17-16(20)13-10-18-19-15(13)14-6-3-7-21-14/h2-8,10H,9H2,1H3,(H,17,20)(H,18,19). The maximum atomic E-state index is 12.3. The van der Waals surface area contributed by atoms with Crippen molar-refractivity contribution in [3.63, 3.8) is 0 Å². The van der Waals surface area contributed by atoms with Crippen LogP contribution in [0.4, 0.5) is 0 Å². The van der Waals surface area contributed by atoms with Crippen LogP contribution in [0.2, 0.25) is 0 Å². The maximum Gasteiger partial charge on any atom is 0.255 e. The molecule has 0 saturated carbocycles. The Kier molecular flexibility index (Phi) is 3.83. The monoisotopic (exact) mass is 297 g/mol. The van der Waals surface area contributed by atoms with Gasteiger partial charge in [-0.3, -0.25) is 9.89 Å². The van der Waals surface area contributed by atoms with Gasteiger partial charge in [-0.05, 0) is 23.9 Å². The number of nitrogens with one attached hydrogen (secondary N) is 2. The molecule has 2 aromatic heterocycles. The number of H-pyrrole nitrogens is 1. The molecule has 0 radical (unpaired) electrons. The summed E-state index contributed by atoms with van der Waals surface area (Å²) in [6.45, 7) is 2.55. The van der Waals surface area contributed by atoms with E-state index in [1.54, 1.807) is 17.5 Å². The number of thiophene rings is 1. The number of aromatic amines is 1. The van der Waals surface area contributed by atoms with E-state index in [1.807, 2.05) is 42.6 Å². The highest BCUT2D eigenvalue weighted by atomic mass is 32.1. The zero-order valence-electron chi connectivity index (χ0n) is 11.6. The number of amides is 1. The Labute approximate surface area is 126 Å². The molecule has 0 saturated heterocycles. The van der Waals surface area contributed by atoms with Crippen LogP contribution in [0.15, 0.2) is 48.0 Å². The van der Waals surface area contributed by atoms with Crippen molar-refractivity contribution in [1.82, 2.24) is 15.5 Å². The molecule has 1 aromatic carbocycles. The number of benzene rings is 1. The second kappa shape index (κ2) is 5.93. The highest BCUT2D eigenvalue weighted by Crippen LogP contribution is 2.25. The van der Waals surface area contributed by atoms with E-state index in [0.717, 1.165) is 16.1 Å². The van der Waals surface area contributed by atoms with Crippen LogP contribution in [0.3, 0.4) is 0 Å². The van der Waals surface area contributed by atoms with Gasteiger partial charge in [-0.1, -0.05) is 35.9 Å². The smallest absolute Gasteiger partial charge is 0.255 e. The number of nitrogens with zero attached hydrogens (tertiary/aromatic N) is 1. The van der Waals surface area contributed by atoms with Gasteiger partial charge in [-0.2, -0.15) is 5.10 Å². The number of aryl methyl sites for hydroxylation is 1. The second-order valence-electron chi connectivity index (χ2n) is 4.81. The number of hydrogen-bond acceptors (Lipinski definition) is 3. The second-order valence-corrected chi connectivity index (χ2v) is 5.76. The summed E-state index contributed by atoms with van der Waals surface area (Å²) in [6.07, 6.45) is 1.57. The van der Waals surface area contributed by atoms with E-state index in [4.69, 9.17) is 0 Å². The molecule has 0 spiro atoms. The molecule has 0 unspecified atom stereocenters. The Morgan fingerprint density at radius 2 is 2.24 bits per heavy atom. The molecule has 0 atom stereocenters. The van der Waals surface area contributed by atoms with Gasteiger partial charge >= 0.3 is 0 Å². The molecule has 1 amide bonds. The Morgan fingerprint density at radius 3 is 3.00 bits per heavy atom. The molecule has 106 valence electrons. The minimum atomic E-state index is -0.117. The lowest BCUT2D eigenvalue weighted by atomic mass is 10.1. The lowest BCUT2D eigenvalue weighted by Crippen LogP contribution is -2.22. The zero-order chi connectivity index (χ0) is 14.7. The van der Waals surface area contributed by atoms with E-state index >= 15 is 0 Å². The van der Waals surface area contributed by atoms with Crippen LogP contribution in [-0.2, 0) is 6.54 Å². The molecule has 2 heterocycles. The Morgan fingerprint density at radius 1 is 1.33 bits per heavy atom. The molecular formula is C16H15N3OS. The van der Waals surface area contributed by atoms with Crippen molar-refractivity contribution in [3.05, 3.63) is 64.7 Å². The van der Waals surface area contributed by atoms with Crippen LogP contribution < -0.4 is 5.32 Å². The lowest BCUT2D eigenvalue weighted by molar-refractivity contribution is 0.0951. The zero-order valence-corrected chi connectivity index (χ0v) is 12.4. The summed E-state index contributed by atoms with van der Waals surface area (Å²) in [6, 6.07) is 12.0. The summed E-state index contributed by atoms with van der Waals surface area (Å²) >= 11 is 1.58. The predicted octanol–water partition coefficient (Wildman–Crippen LogP) is 3.38. The van der Waals surface area contributed by atoms with Crippen molar-refractivity contribution in [2.45, 2.75) is 13.5 Å². The van der Waals surface area contributed by atoms with Crippen molar-refractivity contribution in [1.29, 1.82) is 0 Å². The highest BCUT2D eigenvalue weighted by molar-refractivity contribution is 7.13. The molecule has 5 heteroatoms. The van der Waals surface area contributed by atoms with Gasteiger partial charge in [0.15, 0.2) is 0 Å². The number of hydrogen-bond donors (Lipinski definition) is 2. The van der Waals surface area contributed by atoms with Crippen molar-refractivity contribution in [3.8, 4) is 10.6 Å². The van der Waals surface area contributed by atoms with E-state index in [9.17, 15) is 4.79 Å². The van der Waals surface area contributed by atoms with Crippen LogP contribution in [0, 0.1) is 6.92 Å². The van der Waals surface area contributed by atoms with Gasteiger partial charge < -0.3 is 5.32 Å². The lowest BCUT2D eigenvalue weighted by Gasteiger charge is -2.06. The molecule has 2 N–H and O–H groups in total. The van der Waals surface area contributed by atoms with Gasteiger partial charge in [0.2, 0.25) is 0 Å². The molecule has 0 fully saturated rings. The van der Waals surface area contributed by atoms with Gasteiger partial charge in [-0.25, -0.2) is 0 Å². The normalized spacial score (nSPS) is 10.5. The molecule has 21 heavy (non-hydrogen) atoms. The fraction of sp³-hybridized carbons (Fsp3) is 0.125. The molecule has 4 nitrogen and oxygen atoms in total. The van der Waals surface area contributed by atoms with Crippen LogP contribution in [-0.4, -0.2) is 16.1 Å². The molecule has 0 aliphatic carbocycles. The molecule has 0 bridgehead atoms. The third-order valence-corrected chi connectivity index (χ3v) is 4.07. The highest BCUT2D eigenvalue weighted by Gasteiger charge is 2.15. The van der Waals surface area contributed by atoms with Gasteiger partial charge in [-0.15, -0.1) is 11.3 Å². The molecule has 0 aliphatic heterocycles. The Hall–Kier alpha value is -2.40. The average Bonchev–Trinajstić information content (AvgIpc) is 3.14. The number of aromatic nitrogens is 2. The largest absolute Gasteiger partial charge is 0.348 e. The third kappa shape index (κ3) is 3.03. The first kappa shape index (κ1) is 13.6. The van der Waals surface area contributed by atoms with E-state index in [-0.39, 0.29) is 5.91 Å². The van der Waals surface area contributed by atoms with Crippen molar-refractivity contribution in [2.24, 2.45) is 0 Å². The van der Waals surface area contributed by atoms with Crippen LogP contribution in [0.1, 0.15) is 21.5 Å². The third-order valence-electron chi connectivity index (χ3n) is 3.19. The summed E-state index contributed by atoms with van der Waals surface area (Å²) in [7, 11) is 0. The van der Waals surface area contributed by atoms with Gasteiger partial charge in [0.25, 0.3) is 5.91 Å². The maximum absolute atomic E-state index is 12.3. The fourth-order valence-corrected chi connectivity index (χ4v) is 2.90. The number of rotatable bonds is 4. The summed E-state index contributed by atoms with van der Waals surface area (Å²) in [5.41, 5.74) is 3.62. The number of carbonyl (C=O) groups is 1. The fourth-order valence-electron chi connectivity index (χ4n) is 2.17. The van der Waals surface area contributed by atoms with Crippen molar-refractivity contribution >= 4 is 17.2 Å². The van der Waals surface area contributed by atoms with Crippen LogP contribution >= 0.6 is 11.3 Å². The van der Waals surface area contributed by atoms with Crippen molar-refractivity contribution < 1.29 is 4.79 Å². The van der Waals surface area contributed by atoms with E-state index < -0.39 is 0 Å². The Balaban J connectivity index is 1.73. The SMILES string of the molecule is Cc1cccc(CNC(=O)c2cn[nH]c2-c2cccs2)c1. The first-order valence-electron chi connectivity index (χ1n) is 6.65. The van der Waals surface area contributed by atoms with Gasteiger partial charge in [0.1, 0.15) is 0 Å². The molecular weight excluding hydrogens is 282 g/mol. The van der Waals surface area contributed by atoms with Crippen LogP contribution in [0.25, 0.3) is 10.6 Å². The molecule has 0 aliphatic rings. The van der Waals surface area contributed by atoms with E-state index in [0.29, 0.717) is 12.1 Å². The summed E-state index contributed by atoms with van der Waals surface area (Å²) in [5.74, 6) is -0.117. The summed E-state index contributed by atoms with van der Waals surface area (Å²) < 4.78 is 0. The number of carbonyl (C=O) groups excluding carboxylic acids is 1. The average molecular weight is 297 g/mol. The van der Waals surface area contributed by atoms with E-state index in [2.05, 4.69) is 21.6 Å².